The zero-order chi connectivity index (χ0) is 29.9. The third-order valence-electron chi connectivity index (χ3n) is 8.07. The number of benzene rings is 3. The SMILES string of the molecule is Cc1cc2c(c(-c3cc(F)c4c(c3C)CCCO4)c1[C@H](OC(C)(C)C)C(=O)O)CCN2C(=O)c1cccc2c1OCO2. The second kappa shape index (κ2) is 10.3. The van der Waals surface area contributed by atoms with Crippen LogP contribution in [0.2, 0.25) is 0 Å². The molecule has 42 heavy (non-hydrogen) atoms. The van der Waals surface area contributed by atoms with Gasteiger partial charge < -0.3 is 29.0 Å². The molecular weight excluding hydrogens is 541 g/mol. The number of carboxylic acid groups (broad SMARTS) is 1. The molecule has 9 heteroatoms. The molecule has 0 aromatic heterocycles. The molecule has 3 aliphatic heterocycles. The maximum atomic E-state index is 15.6. The number of carbonyl (C=O) groups excluding carboxylic acids is 1. The minimum Gasteiger partial charge on any atom is -0.490 e. The summed E-state index contributed by atoms with van der Waals surface area (Å²) in [7, 11) is 0. The number of nitrogens with zero attached hydrogens (tertiary/aromatic N) is 1. The molecule has 8 nitrogen and oxygen atoms in total. The van der Waals surface area contributed by atoms with Crippen molar-refractivity contribution in [2.45, 2.75) is 65.6 Å². The number of para-hydroxylation sites is 1. The van der Waals surface area contributed by atoms with Crippen molar-refractivity contribution >= 4 is 17.6 Å². The number of ether oxygens (including phenoxy) is 4. The predicted molar refractivity (Wildman–Crippen MR) is 154 cm³/mol. The largest absolute Gasteiger partial charge is 0.490 e. The van der Waals surface area contributed by atoms with Gasteiger partial charge in [-0.1, -0.05) is 6.07 Å². The van der Waals surface area contributed by atoms with Crippen molar-refractivity contribution in [2.75, 3.05) is 24.8 Å². The Balaban J connectivity index is 1.58. The van der Waals surface area contributed by atoms with Crippen LogP contribution in [0, 0.1) is 19.7 Å². The minimum absolute atomic E-state index is 0.0417. The molecule has 0 spiro atoms. The van der Waals surface area contributed by atoms with Gasteiger partial charge in [-0.25, -0.2) is 9.18 Å². The highest BCUT2D eigenvalue weighted by atomic mass is 19.1. The van der Waals surface area contributed by atoms with E-state index in [2.05, 4.69) is 0 Å². The predicted octanol–water partition coefficient (Wildman–Crippen LogP) is 6.31. The van der Waals surface area contributed by atoms with Crippen molar-refractivity contribution < 1.29 is 38.0 Å². The van der Waals surface area contributed by atoms with Crippen molar-refractivity contribution in [3.63, 3.8) is 0 Å². The van der Waals surface area contributed by atoms with Crippen LogP contribution in [-0.4, -0.2) is 42.5 Å². The molecule has 3 aromatic carbocycles. The Labute approximate surface area is 243 Å². The molecule has 0 saturated heterocycles. The summed E-state index contributed by atoms with van der Waals surface area (Å²) in [4.78, 5) is 28.4. The van der Waals surface area contributed by atoms with E-state index in [0.29, 0.717) is 71.0 Å². The first-order valence-electron chi connectivity index (χ1n) is 14.2. The summed E-state index contributed by atoms with van der Waals surface area (Å²) in [6.45, 7) is 9.99. The van der Waals surface area contributed by atoms with Gasteiger partial charge in [0.2, 0.25) is 6.79 Å². The van der Waals surface area contributed by atoms with Gasteiger partial charge in [0, 0.05) is 23.4 Å². The molecule has 0 saturated carbocycles. The van der Waals surface area contributed by atoms with E-state index in [0.717, 1.165) is 23.1 Å². The topological polar surface area (TPSA) is 94.5 Å². The van der Waals surface area contributed by atoms with Crippen LogP contribution in [0.3, 0.4) is 0 Å². The molecule has 6 rings (SSSR count). The number of halogens is 1. The Kier molecular flexibility index (Phi) is 6.88. The molecule has 220 valence electrons. The number of fused-ring (bicyclic) bond motifs is 3. The highest BCUT2D eigenvalue weighted by Gasteiger charge is 2.38. The van der Waals surface area contributed by atoms with Crippen molar-refractivity contribution in [3.8, 4) is 28.4 Å². The first-order chi connectivity index (χ1) is 20.0. The first-order valence-corrected chi connectivity index (χ1v) is 14.2. The van der Waals surface area contributed by atoms with E-state index in [1.807, 2.05) is 19.9 Å². The molecule has 3 aromatic rings. The summed E-state index contributed by atoms with van der Waals surface area (Å²) in [5.41, 5.74) is 4.93. The van der Waals surface area contributed by atoms with Gasteiger partial charge in [0.05, 0.1) is 17.8 Å². The van der Waals surface area contributed by atoms with Crippen LogP contribution in [0.1, 0.15) is 71.5 Å². The number of carboxylic acids is 1. The molecule has 1 N–H and O–H groups in total. The van der Waals surface area contributed by atoms with Gasteiger partial charge in [-0.05, 0) is 106 Å². The molecule has 0 aliphatic carbocycles. The van der Waals surface area contributed by atoms with Crippen LogP contribution in [0.15, 0.2) is 30.3 Å². The van der Waals surface area contributed by atoms with E-state index >= 15 is 4.39 Å². The fourth-order valence-corrected chi connectivity index (χ4v) is 6.30. The molecule has 1 amide bonds. The average molecular weight is 576 g/mol. The Morgan fingerprint density at radius 3 is 2.57 bits per heavy atom. The van der Waals surface area contributed by atoms with Gasteiger partial charge >= 0.3 is 5.97 Å². The van der Waals surface area contributed by atoms with E-state index in [4.69, 9.17) is 18.9 Å². The minimum atomic E-state index is -1.31. The highest BCUT2D eigenvalue weighted by Crippen LogP contribution is 2.48. The van der Waals surface area contributed by atoms with Crippen LogP contribution < -0.4 is 19.1 Å². The van der Waals surface area contributed by atoms with E-state index in [9.17, 15) is 14.7 Å². The lowest BCUT2D eigenvalue weighted by molar-refractivity contribution is -0.160. The standard InChI is InChI=1S/C33H34FNO7/c1-17-14-24-20(11-12-35(24)31(36)21-8-6-10-25-29(21)41-16-40-25)27(26(17)30(32(37)38)42-33(3,4)5)22-15-23(34)28-19(18(22)2)9-7-13-39-28/h6,8,10,14-15,30H,7,9,11-13,16H2,1-5H3,(H,37,38)/t30-/m0/s1. The van der Waals surface area contributed by atoms with Gasteiger partial charge in [-0.15, -0.1) is 0 Å². The normalized spacial score (nSPS) is 16.1. The summed E-state index contributed by atoms with van der Waals surface area (Å²) in [6, 6.07) is 8.49. The van der Waals surface area contributed by atoms with Gasteiger partial charge in [-0.3, -0.25) is 4.79 Å². The third kappa shape index (κ3) is 4.65. The van der Waals surface area contributed by atoms with Crippen LogP contribution in [-0.2, 0) is 22.4 Å². The maximum Gasteiger partial charge on any atom is 0.337 e. The van der Waals surface area contributed by atoms with Gasteiger partial charge in [0.1, 0.15) is 0 Å². The van der Waals surface area contributed by atoms with E-state index < -0.39 is 23.5 Å². The highest BCUT2D eigenvalue weighted by molar-refractivity contribution is 6.10. The zero-order valence-electron chi connectivity index (χ0n) is 24.4. The fraction of sp³-hybridized carbons (Fsp3) is 0.394. The van der Waals surface area contributed by atoms with E-state index in [-0.39, 0.29) is 18.4 Å². The van der Waals surface area contributed by atoms with Crippen LogP contribution in [0.4, 0.5) is 10.1 Å². The number of hydrogen-bond acceptors (Lipinski definition) is 6. The van der Waals surface area contributed by atoms with Gasteiger partial charge in [0.25, 0.3) is 5.91 Å². The Morgan fingerprint density at radius 1 is 1.05 bits per heavy atom. The molecular formula is C33H34FNO7. The summed E-state index contributed by atoms with van der Waals surface area (Å²) in [6.07, 6.45) is 0.553. The zero-order valence-corrected chi connectivity index (χ0v) is 24.4. The second-order valence-corrected chi connectivity index (χ2v) is 12.0. The Hall–Kier alpha value is -4.11. The number of rotatable bonds is 5. The lowest BCUT2D eigenvalue weighted by atomic mass is 9.83. The van der Waals surface area contributed by atoms with Crippen LogP contribution in [0.5, 0.6) is 17.2 Å². The summed E-state index contributed by atoms with van der Waals surface area (Å²) < 4.78 is 38.5. The molecule has 0 bridgehead atoms. The molecule has 0 fully saturated rings. The van der Waals surface area contributed by atoms with E-state index in [1.165, 1.54) is 6.07 Å². The number of aryl methyl sites for hydroxylation is 1. The van der Waals surface area contributed by atoms with E-state index in [1.54, 1.807) is 43.9 Å². The first kappa shape index (κ1) is 28.0. The quantitative estimate of drug-likeness (QED) is 0.381. The second-order valence-electron chi connectivity index (χ2n) is 12.0. The molecule has 3 aliphatic rings. The summed E-state index contributed by atoms with van der Waals surface area (Å²) in [5.74, 6) is -0.711. The van der Waals surface area contributed by atoms with Crippen molar-refractivity contribution in [1.29, 1.82) is 0 Å². The van der Waals surface area contributed by atoms with Crippen molar-refractivity contribution in [2.24, 2.45) is 0 Å². The smallest absolute Gasteiger partial charge is 0.337 e. The van der Waals surface area contributed by atoms with Crippen LogP contribution in [0.25, 0.3) is 11.1 Å². The Bertz CT molecular complexity index is 1620. The number of aliphatic carboxylic acids is 1. The number of anilines is 1. The fourth-order valence-electron chi connectivity index (χ4n) is 6.30. The molecule has 0 radical (unpaired) electrons. The van der Waals surface area contributed by atoms with Crippen molar-refractivity contribution in [1.82, 2.24) is 0 Å². The molecule has 0 unspecified atom stereocenters. The van der Waals surface area contributed by atoms with Crippen LogP contribution >= 0.6 is 0 Å². The summed E-state index contributed by atoms with van der Waals surface area (Å²) in [5, 5.41) is 10.4. The number of carbonyl (C=O) groups is 2. The lowest BCUT2D eigenvalue weighted by Crippen LogP contribution is -2.30. The van der Waals surface area contributed by atoms with Gasteiger partial charge in [-0.2, -0.15) is 0 Å². The summed E-state index contributed by atoms with van der Waals surface area (Å²) >= 11 is 0. The van der Waals surface area contributed by atoms with Gasteiger partial charge in [0.15, 0.2) is 29.2 Å². The number of hydrogen-bond donors (Lipinski definition) is 1. The molecule has 3 heterocycles. The Morgan fingerprint density at radius 2 is 1.83 bits per heavy atom. The molecule has 1 atom stereocenters. The maximum absolute atomic E-state index is 15.6. The number of amides is 1. The third-order valence-corrected chi connectivity index (χ3v) is 8.07. The lowest BCUT2D eigenvalue weighted by Gasteiger charge is -2.30. The average Bonchev–Trinajstić information content (AvgIpc) is 3.59. The monoisotopic (exact) mass is 575 g/mol. The van der Waals surface area contributed by atoms with Crippen molar-refractivity contribution in [3.05, 3.63) is 69.5 Å².